The zero-order valence-electron chi connectivity index (χ0n) is 7.62. The molecule has 0 saturated heterocycles. The molecular weight excluding hydrogens is 206 g/mol. The van der Waals surface area contributed by atoms with Crippen molar-refractivity contribution in [3.63, 3.8) is 0 Å². The number of anilines is 1. The molecule has 14 heavy (non-hydrogen) atoms. The minimum atomic E-state index is -1.10. The number of aromatic nitrogens is 2. The summed E-state index contributed by atoms with van der Waals surface area (Å²) in [6.07, 6.45) is 2.20. The van der Waals surface area contributed by atoms with Gasteiger partial charge >= 0.3 is 5.97 Å². The molecule has 6 heteroatoms. The van der Waals surface area contributed by atoms with Crippen LogP contribution in [0, 0.1) is 0 Å². The number of carbonyl (C=O) groups is 1. The van der Waals surface area contributed by atoms with E-state index in [1.807, 2.05) is 0 Å². The van der Waals surface area contributed by atoms with E-state index in [9.17, 15) is 4.79 Å². The second kappa shape index (κ2) is 3.16. The van der Waals surface area contributed by atoms with Crippen LogP contribution in [0.25, 0.3) is 0 Å². The molecule has 0 bridgehead atoms. The Bertz CT molecular complexity index is 384. The zero-order chi connectivity index (χ0) is 10.3. The molecule has 1 aromatic rings. The lowest BCUT2D eigenvalue weighted by atomic mass is 10.4. The summed E-state index contributed by atoms with van der Waals surface area (Å²) in [5.74, 6) is -0.513. The largest absolute Gasteiger partial charge is 0.476 e. The lowest BCUT2D eigenvalue weighted by Crippen LogP contribution is -2.06. The lowest BCUT2D eigenvalue weighted by molar-refractivity contribution is 0.0690. The molecule has 1 heterocycles. The van der Waals surface area contributed by atoms with Gasteiger partial charge in [-0.15, -0.1) is 0 Å². The average Bonchev–Trinajstić information content (AvgIpc) is 2.87. The van der Waals surface area contributed by atoms with Gasteiger partial charge in [0.2, 0.25) is 0 Å². The zero-order valence-corrected chi connectivity index (χ0v) is 8.38. The highest BCUT2D eigenvalue weighted by Crippen LogP contribution is 2.30. The Balaban J connectivity index is 2.32. The third-order valence-electron chi connectivity index (χ3n) is 2.11. The predicted molar refractivity (Wildman–Crippen MR) is 51.8 cm³/mol. The molecule has 1 saturated carbocycles. The average molecular weight is 216 g/mol. The number of aryl methyl sites for hydroxylation is 1. The SMILES string of the molecule is Cn1nc(C(=O)O)c(Cl)c1NC1CC1. The smallest absolute Gasteiger partial charge is 0.358 e. The topological polar surface area (TPSA) is 67.2 Å². The fraction of sp³-hybridized carbons (Fsp3) is 0.500. The Kier molecular flexibility index (Phi) is 2.11. The van der Waals surface area contributed by atoms with E-state index < -0.39 is 5.97 Å². The maximum atomic E-state index is 10.7. The van der Waals surface area contributed by atoms with Crippen molar-refractivity contribution in [3.8, 4) is 0 Å². The number of nitrogens with zero attached hydrogens (tertiary/aromatic N) is 2. The maximum Gasteiger partial charge on any atom is 0.358 e. The number of hydrogen-bond acceptors (Lipinski definition) is 3. The standard InChI is InChI=1S/C8H10ClN3O2/c1-12-7(10-4-2-3-4)5(9)6(11-12)8(13)14/h4,10H,2-3H2,1H3,(H,13,14). The van der Waals surface area contributed by atoms with Crippen LogP contribution >= 0.6 is 11.6 Å². The summed E-state index contributed by atoms with van der Waals surface area (Å²) < 4.78 is 1.46. The number of nitrogens with one attached hydrogen (secondary N) is 1. The summed E-state index contributed by atoms with van der Waals surface area (Å²) >= 11 is 5.87. The van der Waals surface area contributed by atoms with Crippen molar-refractivity contribution < 1.29 is 9.90 Å². The van der Waals surface area contributed by atoms with E-state index in [1.54, 1.807) is 7.05 Å². The molecule has 2 rings (SSSR count). The molecule has 0 aromatic carbocycles. The quantitative estimate of drug-likeness (QED) is 0.799. The Morgan fingerprint density at radius 1 is 1.71 bits per heavy atom. The Labute approximate surface area is 85.7 Å². The van der Waals surface area contributed by atoms with Crippen molar-refractivity contribution in [2.24, 2.45) is 7.05 Å². The third-order valence-corrected chi connectivity index (χ3v) is 2.47. The Morgan fingerprint density at radius 3 is 2.79 bits per heavy atom. The molecule has 2 N–H and O–H groups in total. The maximum absolute atomic E-state index is 10.7. The van der Waals surface area contributed by atoms with Gasteiger partial charge in [-0.05, 0) is 12.8 Å². The molecular formula is C8H10ClN3O2. The second-order valence-electron chi connectivity index (χ2n) is 3.36. The van der Waals surface area contributed by atoms with Crippen LogP contribution in [-0.2, 0) is 7.05 Å². The molecule has 1 aromatic heterocycles. The van der Waals surface area contributed by atoms with Crippen LogP contribution in [0.2, 0.25) is 5.02 Å². The van der Waals surface area contributed by atoms with Crippen molar-refractivity contribution in [2.75, 3.05) is 5.32 Å². The first-order valence-corrected chi connectivity index (χ1v) is 4.69. The van der Waals surface area contributed by atoms with Gasteiger partial charge in [-0.3, -0.25) is 4.68 Å². The van der Waals surface area contributed by atoms with Gasteiger partial charge in [0.1, 0.15) is 10.8 Å². The highest BCUT2D eigenvalue weighted by Gasteiger charge is 2.26. The third kappa shape index (κ3) is 1.55. The number of aromatic carboxylic acids is 1. The second-order valence-corrected chi connectivity index (χ2v) is 3.74. The molecule has 0 unspecified atom stereocenters. The first-order chi connectivity index (χ1) is 6.59. The predicted octanol–water partition coefficient (Wildman–Crippen LogP) is 1.35. The van der Waals surface area contributed by atoms with Gasteiger partial charge in [0.15, 0.2) is 5.69 Å². The van der Waals surface area contributed by atoms with E-state index >= 15 is 0 Å². The minimum absolute atomic E-state index is 0.0997. The first-order valence-electron chi connectivity index (χ1n) is 4.32. The molecule has 0 spiro atoms. The van der Waals surface area contributed by atoms with E-state index in [2.05, 4.69) is 10.4 Å². The number of rotatable bonds is 3. The van der Waals surface area contributed by atoms with Gasteiger partial charge in [0.25, 0.3) is 0 Å². The fourth-order valence-corrected chi connectivity index (χ4v) is 1.51. The van der Waals surface area contributed by atoms with Crippen molar-refractivity contribution >= 4 is 23.4 Å². The molecule has 0 radical (unpaired) electrons. The summed E-state index contributed by atoms with van der Waals surface area (Å²) in [6.45, 7) is 0. The normalized spacial score (nSPS) is 15.6. The van der Waals surface area contributed by atoms with Crippen molar-refractivity contribution in [1.82, 2.24) is 9.78 Å². The van der Waals surface area contributed by atoms with Crippen LogP contribution in [-0.4, -0.2) is 26.9 Å². The Hall–Kier alpha value is -1.23. The van der Waals surface area contributed by atoms with Gasteiger partial charge in [0, 0.05) is 13.1 Å². The molecule has 1 aliphatic rings. The van der Waals surface area contributed by atoms with Crippen LogP contribution in [0.3, 0.4) is 0 Å². The van der Waals surface area contributed by atoms with E-state index in [-0.39, 0.29) is 10.7 Å². The van der Waals surface area contributed by atoms with Gasteiger partial charge in [-0.1, -0.05) is 11.6 Å². The summed E-state index contributed by atoms with van der Waals surface area (Å²) in [5, 5.41) is 15.9. The molecule has 0 aliphatic heterocycles. The van der Waals surface area contributed by atoms with Gasteiger partial charge in [-0.25, -0.2) is 4.79 Å². The summed E-state index contributed by atoms with van der Waals surface area (Å²) in [6, 6.07) is 0.421. The van der Waals surface area contributed by atoms with Crippen LogP contribution in [0.5, 0.6) is 0 Å². The van der Waals surface area contributed by atoms with Gasteiger partial charge in [-0.2, -0.15) is 5.10 Å². The van der Waals surface area contributed by atoms with Crippen LogP contribution in [0.4, 0.5) is 5.82 Å². The molecule has 1 fully saturated rings. The van der Waals surface area contributed by atoms with Crippen molar-refractivity contribution in [2.45, 2.75) is 18.9 Å². The van der Waals surface area contributed by atoms with Crippen molar-refractivity contribution in [3.05, 3.63) is 10.7 Å². The van der Waals surface area contributed by atoms with Crippen LogP contribution in [0.1, 0.15) is 23.3 Å². The van der Waals surface area contributed by atoms with Crippen LogP contribution < -0.4 is 5.32 Å². The van der Waals surface area contributed by atoms with Gasteiger partial charge < -0.3 is 10.4 Å². The molecule has 76 valence electrons. The number of hydrogen-bond donors (Lipinski definition) is 2. The molecule has 0 atom stereocenters. The molecule has 5 nitrogen and oxygen atoms in total. The summed E-state index contributed by atoms with van der Waals surface area (Å²) in [7, 11) is 1.67. The number of carboxylic acid groups (broad SMARTS) is 1. The summed E-state index contributed by atoms with van der Waals surface area (Å²) in [4.78, 5) is 10.7. The fourth-order valence-electron chi connectivity index (χ4n) is 1.21. The monoisotopic (exact) mass is 215 g/mol. The van der Waals surface area contributed by atoms with Crippen molar-refractivity contribution in [1.29, 1.82) is 0 Å². The van der Waals surface area contributed by atoms with E-state index in [0.29, 0.717) is 11.9 Å². The lowest BCUT2D eigenvalue weighted by Gasteiger charge is -2.03. The Morgan fingerprint density at radius 2 is 2.36 bits per heavy atom. The first kappa shape index (κ1) is 9.33. The molecule has 1 aliphatic carbocycles. The van der Waals surface area contributed by atoms with E-state index in [1.165, 1.54) is 4.68 Å². The minimum Gasteiger partial charge on any atom is -0.476 e. The highest BCUT2D eigenvalue weighted by atomic mass is 35.5. The van der Waals surface area contributed by atoms with Gasteiger partial charge in [0.05, 0.1) is 0 Å². The van der Waals surface area contributed by atoms with Crippen LogP contribution in [0.15, 0.2) is 0 Å². The van der Waals surface area contributed by atoms with E-state index in [4.69, 9.17) is 16.7 Å². The number of carboxylic acids is 1. The van der Waals surface area contributed by atoms with E-state index in [0.717, 1.165) is 12.8 Å². The number of halogens is 1. The highest BCUT2D eigenvalue weighted by molar-refractivity contribution is 6.35. The molecule has 0 amide bonds. The summed E-state index contributed by atoms with van der Waals surface area (Å²) in [5.41, 5.74) is -0.0997.